The standard InChI is InChI=1S/C17H15F3N2O2/c18-12-4-2-1-3-11(12)9-15(17(21)24)22-16(23)8-10-5-6-13(19)14(20)7-10/h1-7,15H,8-9H2,(H2,21,24)(H,22,23)/t15-/m0/s1. The zero-order chi connectivity index (χ0) is 17.7. The number of rotatable bonds is 6. The quantitative estimate of drug-likeness (QED) is 0.845. The van der Waals surface area contributed by atoms with Gasteiger partial charge in [-0.05, 0) is 29.3 Å². The zero-order valence-electron chi connectivity index (χ0n) is 12.6. The Morgan fingerprint density at radius 2 is 1.71 bits per heavy atom. The van der Waals surface area contributed by atoms with Gasteiger partial charge < -0.3 is 11.1 Å². The second kappa shape index (κ2) is 7.63. The van der Waals surface area contributed by atoms with Gasteiger partial charge >= 0.3 is 0 Å². The van der Waals surface area contributed by atoms with E-state index in [-0.39, 0.29) is 24.0 Å². The van der Waals surface area contributed by atoms with Crippen molar-refractivity contribution in [1.82, 2.24) is 5.32 Å². The largest absolute Gasteiger partial charge is 0.368 e. The predicted octanol–water partition coefficient (Wildman–Crippen LogP) is 1.86. The first-order chi connectivity index (χ1) is 11.4. The fourth-order valence-electron chi connectivity index (χ4n) is 2.19. The smallest absolute Gasteiger partial charge is 0.240 e. The molecule has 0 fully saturated rings. The summed E-state index contributed by atoms with van der Waals surface area (Å²) < 4.78 is 39.6. The van der Waals surface area contributed by atoms with Crippen LogP contribution in [-0.2, 0) is 22.4 Å². The van der Waals surface area contributed by atoms with Gasteiger partial charge in [-0.25, -0.2) is 13.2 Å². The van der Waals surface area contributed by atoms with Crippen LogP contribution in [0.2, 0.25) is 0 Å². The van der Waals surface area contributed by atoms with E-state index in [9.17, 15) is 22.8 Å². The molecule has 0 saturated heterocycles. The molecule has 7 heteroatoms. The van der Waals surface area contributed by atoms with Crippen molar-refractivity contribution >= 4 is 11.8 Å². The molecule has 0 aliphatic carbocycles. The molecule has 0 aliphatic heterocycles. The highest BCUT2D eigenvalue weighted by Gasteiger charge is 2.20. The van der Waals surface area contributed by atoms with Crippen molar-refractivity contribution in [2.75, 3.05) is 0 Å². The second-order valence-corrected chi connectivity index (χ2v) is 5.24. The van der Waals surface area contributed by atoms with Crippen LogP contribution in [0.3, 0.4) is 0 Å². The van der Waals surface area contributed by atoms with Gasteiger partial charge in [0, 0.05) is 6.42 Å². The van der Waals surface area contributed by atoms with Gasteiger partial charge in [0.15, 0.2) is 11.6 Å². The topological polar surface area (TPSA) is 72.2 Å². The molecule has 1 atom stereocenters. The van der Waals surface area contributed by atoms with Crippen molar-refractivity contribution in [3.05, 3.63) is 71.0 Å². The van der Waals surface area contributed by atoms with Gasteiger partial charge in [-0.2, -0.15) is 0 Å². The molecular weight excluding hydrogens is 321 g/mol. The molecule has 2 amide bonds. The summed E-state index contributed by atoms with van der Waals surface area (Å²) in [6.07, 6.45) is -0.371. The maximum Gasteiger partial charge on any atom is 0.240 e. The predicted molar refractivity (Wildman–Crippen MR) is 81.3 cm³/mol. The number of hydrogen-bond donors (Lipinski definition) is 2. The molecule has 2 aromatic rings. The van der Waals surface area contributed by atoms with Crippen molar-refractivity contribution in [1.29, 1.82) is 0 Å². The number of carbonyl (C=O) groups excluding carboxylic acids is 2. The molecule has 24 heavy (non-hydrogen) atoms. The highest BCUT2D eigenvalue weighted by molar-refractivity contribution is 5.87. The van der Waals surface area contributed by atoms with Crippen LogP contribution in [0, 0.1) is 17.5 Å². The van der Waals surface area contributed by atoms with Crippen LogP contribution in [0.25, 0.3) is 0 Å². The van der Waals surface area contributed by atoms with Crippen molar-refractivity contribution in [2.45, 2.75) is 18.9 Å². The number of nitrogens with two attached hydrogens (primary N) is 1. The molecule has 0 aliphatic rings. The molecule has 0 unspecified atom stereocenters. The Morgan fingerprint density at radius 1 is 1.00 bits per heavy atom. The molecular formula is C17H15F3N2O2. The van der Waals surface area contributed by atoms with Crippen LogP contribution in [0.15, 0.2) is 42.5 Å². The molecule has 0 aromatic heterocycles. The summed E-state index contributed by atoms with van der Waals surface area (Å²) in [6.45, 7) is 0. The molecule has 2 aromatic carbocycles. The molecule has 2 rings (SSSR count). The van der Waals surface area contributed by atoms with Crippen LogP contribution in [0.1, 0.15) is 11.1 Å². The van der Waals surface area contributed by atoms with Crippen LogP contribution >= 0.6 is 0 Å². The third-order valence-electron chi connectivity index (χ3n) is 3.41. The lowest BCUT2D eigenvalue weighted by Crippen LogP contribution is -2.46. The summed E-state index contributed by atoms with van der Waals surface area (Å²) in [5, 5.41) is 2.38. The number of amides is 2. The van der Waals surface area contributed by atoms with E-state index >= 15 is 0 Å². The van der Waals surface area contributed by atoms with E-state index < -0.39 is 35.3 Å². The normalized spacial score (nSPS) is 11.8. The highest BCUT2D eigenvalue weighted by Crippen LogP contribution is 2.11. The van der Waals surface area contributed by atoms with Gasteiger partial charge in [-0.15, -0.1) is 0 Å². The van der Waals surface area contributed by atoms with Gasteiger partial charge in [0.2, 0.25) is 11.8 Å². The fraction of sp³-hybridized carbons (Fsp3) is 0.176. The minimum Gasteiger partial charge on any atom is -0.368 e. The Morgan fingerprint density at radius 3 is 2.33 bits per heavy atom. The SMILES string of the molecule is NC(=O)[C@H](Cc1ccccc1F)NC(=O)Cc1ccc(F)c(F)c1. The number of primary amides is 1. The summed E-state index contributed by atoms with van der Waals surface area (Å²) in [6, 6.07) is 7.75. The van der Waals surface area contributed by atoms with Gasteiger partial charge in [0.05, 0.1) is 6.42 Å². The van der Waals surface area contributed by atoms with E-state index in [0.29, 0.717) is 0 Å². The summed E-state index contributed by atoms with van der Waals surface area (Å²) in [4.78, 5) is 23.4. The molecule has 0 bridgehead atoms. The zero-order valence-corrected chi connectivity index (χ0v) is 12.6. The lowest BCUT2D eigenvalue weighted by atomic mass is 10.0. The molecule has 0 radical (unpaired) electrons. The Bertz CT molecular complexity index is 765. The van der Waals surface area contributed by atoms with E-state index in [1.165, 1.54) is 24.3 Å². The third kappa shape index (κ3) is 4.58. The summed E-state index contributed by atoms with van der Waals surface area (Å²) in [5.74, 6) is -4.04. The van der Waals surface area contributed by atoms with Gasteiger partial charge in [-0.1, -0.05) is 24.3 Å². The van der Waals surface area contributed by atoms with Gasteiger partial charge in [-0.3, -0.25) is 9.59 Å². The summed E-state index contributed by atoms with van der Waals surface area (Å²) in [5.41, 5.74) is 5.70. The maximum atomic E-state index is 13.6. The monoisotopic (exact) mass is 336 g/mol. The Balaban J connectivity index is 2.04. The second-order valence-electron chi connectivity index (χ2n) is 5.24. The fourth-order valence-corrected chi connectivity index (χ4v) is 2.19. The number of benzene rings is 2. The Labute approximate surface area is 136 Å². The van der Waals surface area contributed by atoms with Crippen LogP contribution in [-0.4, -0.2) is 17.9 Å². The molecule has 3 N–H and O–H groups in total. The highest BCUT2D eigenvalue weighted by atomic mass is 19.2. The number of nitrogens with one attached hydrogen (secondary N) is 1. The summed E-state index contributed by atoms with van der Waals surface area (Å²) in [7, 11) is 0. The Hall–Kier alpha value is -2.83. The van der Waals surface area contributed by atoms with Gasteiger partial charge in [0.1, 0.15) is 11.9 Å². The van der Waals surface area contributed by atoms with E-state index in [2.05, 4.69) is 5.32 Å². The lowest BCUT2D eigenvalue weighted by Gasteiger charge is -2.16. The molecule has 4 nitrogen and oxygen atoms in total. The lowest BCUT2D eigenvalue weighted by molar-refractivity contribution is -0.127. The molecule has 0 heterocycles. The van der Waals surface area contributed by atoms with Crippen LogP contribution in [0.5, 0.6) is 0 Å². The number of carbonyl (C=O) groups is 2. The Kier molecular flexibility index (Phi) is 5.57. The number of hydrogen-bond acceptors (Lipinski definition) is 2. The summed E-state index contributed by atoms with van der Waals surface area (Å²) >= 11 is 0. The molecule has 0 saturated carbocycles. The van der Waals surface area contributed by atoms with Crippen molar-refractivity contribution in [2.24, 2.45) is 5.73 Å². The van der Waals surface area contributed by atoms with Crippen molar-refractivity contribution < 1.29 is 22.8 Å². The minimum absolute atomic E-state index is 0.106. The van der Waals surface area contributed by atoms with E-state index in [4.69, 9.17) is 5.73 Å². The average Bonchev–Trinajstić information content (AvgIpc) is 2.52. The first-order valence-electron chi connectivity index (χ1n) is 7.13. The van der Waals surface area contributed by atoms with Crippen molar-refractivity contribution in [3.63, 3.8) is 0 Å². The van der Waals surface area contributed by atoms with E-state index in [1.807, 2.05) is 0 Å². The average molecular weight is 336 g/mol. The first-order valence-corrected chi connectivity index (χ1v) is 7.13. The first kappa shape index (κ1) is 17.5. The number of halogens is 3. The molecule has 126 valence electrons. The minimum atomic E-state index is -1.11. The third-order valence-corrected chi connectivity index (χ3v) is 3.41. The maximum absolute atomic E-state index is 13.6. The van der Waals surface area contributed by atoms with Gasteiger partial charge in [0.25, 0.3) is 0 Å². The molecule has 0 spiro atoms. The van der Waals surface area contributed by atoms with E-state index in [0.717, 1.165) is 12.1 Å². The van der Waals surface area contributed by atoms with Crippen LogP contribution in [0.4, 0.5) is 13.2 Å². The van der Waals surface area contributed by atoms with Crippen molar-refractivity contribution in [3.8, 4) is 0 Å². The van der Waals surface area contributed by atoms with E-state index in [1.54, 1.807) is 6.07 Å². The van der Waals surface area contributed by atoms with Crippen LogP contribution < -0.4 is 11.1 Å².